The molecule has 3 aromatic rings. The maximum absolute atomic E-state index is 13.4. The smallest absolute Gasteiger partial charge is 0.278 e. The van der Waals surface area contributed by atoms with E-state index in [1.54, 1.807) is 38.5 Å². The summed E-state index contributed by atoms with van der Waals surface area (Å²) in [6.45, 7) is 2.21. The SMILES string of the molecule is COc1ccc(OCCN2C(=O)C(Nc3cc(C)ccc3OC)=C(c3ccccc3)C2=O)cc1. The molecule has 0 radical (unpaired) electrons. The Morgan fingerprint density at radius 3 is 2.21 bits per heavy atom. The van der Waals surface area contributed by atoms with Gasteiger partial charge in [0.1, 0.15) is 29.6 Å². The van der Waals surface area contributed by atoms with Gasteiger partial charge in [-0.2, -0.15) is 0 Å². The van der Waals surface area contributed by atoms with Crippen molar-refractivity contribution in [3.8, 4) is 17.2 Å². The van der Waals surface area contributed by atoms with E-state index in [-0.39, 0.29) is 24.8 Å². The van der Waals surface area contributed by atoms with E-state index in [9.17, 15) is 9.59 Å². The Hall–Kier alpha value is -4.26. The molecular formula is C27H26N2O5. The molecule has 174 valence electrons. The fraction of sp³-hybridized carbons (Fsp3) is 0.185. The predicted molar refractivity (Wildman–Crippen MR) is 130 cm³/mol. The van der Waals surface area contributed by atoms with Crippen molar-refractivity contribution in [2.24, 2.45) is 0 Å². The zero-order valence-corrected chi connectivity index (χ0v) is 19.3. The van der Waals surface area contributed by atoms with E-state index in [4.69, 9.17) is 14.2 Å². The van der Waals surface area contributed by atoms with Crippen molar-refractivity contribution in [3.05, 3.63) is 89.6 Å². The molecule has 7 nitrogen and oxygen atoms in total. The number of anilines is 1. The first kappa shape index (κ1) is 22.9. The van der Waals surface area contributed by atoms with Gasteiger partial charge in [0.25, 0.3) is 11.8 Å². The zero-order chi connectivity index (χ0) is 24.1. The molecule has 0 unspecified atom stereocenters. The maximum Gasteiger partial charge on any atom is 0.278 e. The number of carbonyl (C=O) groups excluding carboxylic acids is 2. The molecule has 0 aromatic heterocycles. The van der Waals surface area contributed by atoms with E-state index in [1.807, 2.05) is 55.5 Å². The number of nitrogens with one attached hydrogen (secondary N) is 1. The molecule has 4 rings (SSSR count). The van der Waals surface area contributed by atoms with Gasteiger partial charge in [-0.3, -0.25) is 14.5 Å². The molecule has 1 N–H and O–H groups in total. The van der Waals surface area contributed by atoms with Gasteiger partial charge in [0, 0.05) is 0 Å². The fourth-order valence-electron chi connectivity index (χ4n) is 3.75. The van der Waals surface area contributed by atoms with Crippen LogP contribution in [-0.2, 0) is 9.59 Å². The predicted octanol–water partition coefficient (Wildman–Crippen LogP) is 4.28. The first-order chi connectivity index (χ1) is 16.5. The normalized spacial score (nSPS) is 13.3. The molecule has 1 heterocycles. The first-order valence-electron chi connectivity index (χ1n) is 10.9. The Balaban J connectivity index is 1.58. The number of ether oxygens (including phenoxy) is 3. The van der Waals surface area contributed by atoms with Crippen molar-refractivity contribution >= 4 is 23.1 Å². The standard InChI is InChI=1S/C27H26N2O5/c1-18-9-14-23(33-3)22(17-18)28-25-24(19-7-5-4-6-8-19)26(30)29(27(25)31)15-16-34-21-12-10-20(32-2)11-13-21/h4-14,17,28H,15-16H2,1-3H3. The molecule has 3 aromatic carbocycles. The average molecular weight is 459 g/mol. The van der Waals surface area contributed by atoms with E-state index >= 15 is 0 Å². The third-order valence-corrected chi connectivity index (χ3v) is 5.49. The number of benzene rings is 3. The molecule has 0 bridgehead atoms. The molecule has 1 aliphatic heterocycles. The second-order valence-electron chi connectivity index (χ2n) is 7.73. The quantitative estimate of drug-likeness (QED) is 0.482. The third-order valence-electron chi connectivity index (χ3n) is 5.49. The van der Waals surface area contributed by atoms with E-state index in [1.165, 1.54) is 4.90 Å². The summed E-state index contributed by atoms with van der Waals surface area (Å²) in [4.78, 5) is 28.0. The second kappa shape index (κ2) is 10.1. The summed E-state index contributed by atoms with van der Waals surface area (Å²) in [6.07, 6.45) is 0. The van der Waals surface area contributed by atoms with Crippen LogP contribution < -0.4 is 19.5 Å². The molecule has 2 amide bonds. The van der Waals surface area contributed by atoms with Crippen LogP contribution in [-0.4, -0.2) is 44.1 Å². The summed E-state index contributed by atoms with van der Waals surface area (Å²) < 4.78 is 16.3. The number of amides is 2. The van der Waals surface area contributed by atoms with E-state index in [0.29, 0.717) is 28.3 Å². The highest BCUT2D eigenvalue weighted by molar-refractivity contribution is 6.36. The lowest BCUT2D eigenvalue weighted by Gasteiger charge is -2.16. The van der Waals surface area contributed by atoms with Crippen LogP contribution in [0.25, 0.3) is 5.57 Å². The Kier molecular flexibility index (Phi) is 6.82. The molecule has 34 heavy (non-hydrogen) atoms. The van der Waals surface area contributed by atoms with E-state index < -0.39 is 5.91 Å². The minimum atomic E-state index is -0.411. The van der Waals surface area contributed by atoms with Gasteiger partial charge in [-0.25, -0.2) is 0 Å². The van der Waals surface area contributed by atoms with Crippen LogP contribution >= 0.6 is 0 Å². The zero-order valence-electron chi connectivity index (χ0n) is 19.3. The maximum atomic E-state index is 13.4. The summed E-state index contributed by atoms with van der Waals surface area (Å²) in [5.41, 5.74) is 2.80. The van der Waals surface area contributed by atoms with E-state index in [0.717, 1.165) is 11.3 Å². The number of carbonyl (C=O) groups is 2. The van der Waals surface area contributed by atoms with Crippen LogP contribution in [0.2, 0.25) is 0 Å². The average Bonchev–Trinajstić information content (AvgIpc) is 3.09. The van der Waals surface area contributed by atoms with Crippen molar-refractivity contribution in [1.82, 2.24) is 4.90 Å². The molecule has 0 fully saturated rings. The summed E-state index contributed by atoms with van der Waals surface area (Å²) in [7, 11) is 3.16. The molecule has 1 aliphatic rings. The van der Waals surface area contributed by atoms with E-state index in [2.05, 4.69) is 5.32 Å². The lowest BCUT2D eigenvalue weighted by Crippen LogP contribution is -2.36. The van der Waals surface area contributed by atoms with Gasteiger partial charge in [0.15, 0.2) is 0 Å². The molecule has 0 aliphatic carbocycles. The highest BCUT2D eigenvalue weighted by Crippen LogP contribution is 2.33. The molecule has 7 heteroatoms. The van der Waals surface area contributed by atoms with Crippen LogP contribution in [0.5, 0.6) is 17.2 Å². The number of hydrogen-bond donors (Lipinski definition) is 1. The van der Waals surface area contributed by atoms with Gasteiger partial charge >= 0.3 is 0 Å². The van der Waals surface area contributed by atoms with Gasteiger partial charge in [0.2, 0.25) is 0 Å². The first-order valence-corrected chi connectivity index (χ1v) is 10.9. The van der Waals surface area contributed by atoms with Gasteiger partial charge in [-0.1, -0.05) is 36.4 Å². The number of imide groups is 1. The van der Waals surface area contributed by atoms with Gasteiger partial charge in [-0.05, 0) is 54.4 Å². The van der Waals surface area contributed by atoms with Crippen molar-refractivity contribution in [3.63, 3.8) is 0 Å². The largest absolute Gasteiger partial charge is 0.497 e. The summed E-state index contributed by atoms with van der Waals surface area (Å²) in [6, 6.07) is 21.9. The molecule has 0 saturated heterocycles. The van der Waals surface area contributed by atoms with Crippen molar-refractivity contribution in [1.29, 1.82) is 0 Å². The highest BCUT2D eigenvalue weighted by atomic mass is 16.5. The highest BCUT2D eigenvalue weighted by Gasteiger charge is 2.39. The van der Waals surface area contributed by atoms with Gasteiger partial charge < -0.3 is 19.5 Å². The van der Waals surface area contributed by atoms with Crippen LogP contribution in [0.3, 0.4) is 0 Å². The second-order valence-corrected chi connectivity index (χ2v) is 7.73. The molecule has 0 saturated carbocycles. The number of methoxy groups -OCH3 is 2. The van der Waals surface area contributed by atoms with Crippen molar-refractivity contribution in [2.45, 2.75) is 6.92 Å². The molecule has 0 spiro atoms. The van der Waals surface area contributed by atoms with Crippen molar-refractivity contribution in [2.75, 3.05) is 32.7 Å². The lowest BCUT2D eigenvalue weighted by atomic mass is 10.0. The molecule has 0 atom stereocenters. The van der Waals surface area contributed by atoms with Gasteiger partial charge in [0.05, 0.1) is 32.0 Å². The lowest BCUT2D eigenvalue weighted by molar-refractivity contribution is -0.137. The Morgan fingerprint density at radius 2 is 1.53 bits per heavy atom. The number of aryl methyl sites for hydroxylation is 1. The third kappa shape index (κ3) is 4.73. The minimum absolute atomic E-state index is 0.107. The number of rotatable bonds is 9. The summed E-state index contributed by atoms with van der Waals surface area (Å²) >= 11 is 0. The number of hydrogen-bond acceptors (Lipinski definition) is 6. The van der Waals surface area contributed by atoms with Gasteiger partial charge in [-0.15, -0.1) is 0 Å². The fourth-order valence-corrected chi connectivity index (χ4v) is 3.75. The van der Waals surface area contributed by atoms with Crippen LogP contribution in [0, 0.1) is 6.92 Å². The molecular weight excluding hydrogens is 432 g/mol. The Labute approximate surface area is 198 Å². The van der Waals surface area contributed by atoms with Crippen LogP contribution in [0.1, 0.15) is 11.1 Å². The van der Waals surface area contributed by atoms with Crippen molar-refractivity contribution < 1.29 is 23.8 Å². The summed E-state index contributed by atoms with van der Waals surface area (Å²) in [5, 5.41) is 3.17. The number of nitrogens with zero attached hydrogens (tertiary/aromatic N) is 1. The Morgan fingerprint density at radius 1 is 0.824 bits per heavy atom. The topological polar surface area (TPSA) is 77.1 Å². The minimum Gasteiger partial charge on any atom is -0.497 e. The van der Waals surface area contributed by atoms with Crippen LogP contribution in [0.15, 0.2) is 78.5 Å². The van der Waals surface area contributed by atoms with Crippen LogP contribution in [0.4, 0.5) is 5.69 Å². The summed E-state index contributed by atoms with van der Waals surface area (Å²) in [5.74, 6) is 1.14. The Bertz CT molecular complexity index is 1220. The monoisotopic (exact) mass is 458 g/mol.